The number of carbonyl (C=O) groups is 10. The van der Waals surface area contributed by atoms with Gasteiger partial charge in [-0.3, -0.25) is 47.9 Å². The minimum atomic E-state index is -1.56. The van der Waals surface area contributed by atoms with Crippen molar-refractivity contribution in [3.05, 3.63) is 29.8 Å². The van der Waals surface area contributed by atoms with Crippen molar-refractivity contribution in [1.29, 1.82) is 0 Å². The molecule has 23 heteroatoms. The third kappa shape index (κ3) is 16.2. The fourth-order valence-electron chi connectivity index (χ4n) is 7.98. The maximum Gasteiger partial charge on any atom is 0.325 e. The lowest BCUT2D eigenvalue weighted by atomic mass is 10.0. The lowest BCUT2D eigenvalue weighted by Gasteiger charge is -2.32. The van der Waals surface area contributed by atoms with E-state index in [1.165, 1.54) is 42.7 Å². The van der Waals surface area contributed by atoms with E-state index in [-0.39, 0.29) is 56.9 Å². The number of phenols is 1. The van der Waals surface area contributed by atoms with Crippen LogP contribution in [0.2, 0.25) is 0 Å². The molecule has 0 radical (unpaired) electrons. The van der Waals surface area contributed by atoms with E-state index in [4.69, 9.17) is 10.8 Å². The smallest absolute Gasteiger partial charge is 0.325 e. The first-order valence-electron chi connectivity index (χ1n) is 22.9. The summed E-state index contributed by atoms with van der Waals surface area (Å²) in [6, 6.07) is -5.10. The number of nitrogens with two attached hydrogens (primary N) is 1. The van der Waals surface area contributed by atoms with Gasteiger partial charge in [0.05, 0.1) is 12.1 Å². The van der Waals surface area contributed by atoms with E-state index >= 15 is 0 Å². The molecule has 0 unspecified atom stereocenters. The molecule has 0 aliphatic carbocycles. The van der Waals surface area contributed by atoms with Crippen molar-refractivity contribution in [2.75, 3.05) is 13.1 Å². The van der Waals surface area contributed by atoms with Crippen LogP contribution in [0.1, 0.15) is 99.0 Å². The molecular formula is C45H69N9O14. The van der Waals surface area contributed by atoms with Gasteiger partial charge in [-0.25, -0.2) is 0 Å². The monoisotopic (exact) mass is 959 g/mol. The molecule has 10 atom stereocenters. The standard InChI is InChI=1S/C45H69N9O14/c1-22(2)20-31(50-37(59)29(46)21-27-12-14-28(56)15-13-27)38(60)49-30(16-17-34(57)58)44(66)54-19-9-10-32(54)39(61)47-24(5)43(65)53-18-8-11-33(53)40(62)51-35(23(3)4)41(63)52-36(26(7)55)42(64)48-25(6)45(67)68/h12-15,22-26,29-33,35-36,55-56H,8-11,16-21,46H2,1-7H3,(H,47,61)(H,48,64)(H,49,60)(H,50,59)(H,51,62)(H,52,63)(H,57,58)(H,67,68)/t24-,25-,26+,29-,30-,31-,32-,33-,35-,36-/m0/s1. The molecule has 0 bridgehead atoms. The predicted molar refractivity (Wildman–Crippen MR) is 243 cm³/mol. The van der Waals surface area contributed by atoms with E-state index in [0.717, 1.165) is 0 Å². The Morgan fingerprint density at radius 2 is 1.18 bits per heavy atom. The normalized spacial score (nSPS) is 19.3. The number of rotatable bonds is 24. The van der Waals surface area contributed by atoms with Crippen LogP contribution in [0.4, 0.5) is 0 Å². The van der Waals surface area contributed by atoms with E-state index in [2.05, 4.69) is 31.9 Å². The molecule has 0 aromatic heterocycles. The van der Waals surface area contributed by atoms with Gasteiger partial charge in [-0.05, 0) is 95.2 Å². The number of aliphatic hydroxyl groups excluding tert-OH is 1. The summed E-state index contributed by atoms with van der Waals surface area (Å²) in [4.78, 5) is 134. The van der Waals surface area contributed by atoms with Crippen LogP contribution in [0.25, 0.3) is 0 Å². The van der Waals surface area contributed by atoms with Crippen molar-refractivity contribution >= 4 is 59.2 Å². The van der Waals surface area contributed by atoms with E-state index in [0.29, 0.717) is 18.4 Å². The topological polar surface area (TPSA) is 356 Å². The average molecular weight is 960 g/mol. The van der Waals surface area contributed by atoms with E-state index in [1.807, 2.05) is 13.8 Å². The van der Waals surface area contributed by atoms with Gasteiger partial charge >= 0.3 is 11.9 Å². The molecule has 12 N–H and O–H groups in total. The number of carboxylic acid groups (broad SMARTS) is 2. The Labute approximate surface area is 395 Å². The summed E-state index contributed by atoms with van der Waals surface area (Å²) in [6.45, 7) is 10.9. The zero-order chi connectivity index (χ0) is 51.2. The highest BCUT2D eigenvalue weighted by Crippen LogP contribution is 2.23. The maximum absolute atomic E-state index is 14.1. The van der Waals surface area contributed by atoms with Crippen LogP contribution in [-0.4, -0.2) is 163 Å². The van der Waals surface area contributed by atoms with Crippen LogP contribution in [0.3, 0.4) is 0 Å². The molecule has 1 aromatic rings. The number of aliphatic hydroxyl groups is 1. The number of nitrogens with zero attached hydrogens (tertiary/aromatic N) is 2. The molecule has 23 nitrogen and oxygen atoms in total. The SMILES string of the molecule is CC(C)C[C@H](NC(=O)[C@@H](N)Cc1ccc(O)cc1)C(=O)N[C@@H](CCC(=O)O)C(=O)N1CCC[C@H]1C(=O)N[C@@H](C)C(=O)N1CCC[C@H]1C(=O)N[C@H](C(=O)N[C@H](C(=O)N[C@@H](C)C(=O)O)[C@@H](C)O)C(C)C. The fourth-order valence-corrected chi connectivity index (χ4v) is 7.98. The Hall–Kier alpha value is -6.36. The van der Waals surface area contributed by atoms with Gasteiger partial charge in [0, 0.05) is 19.5 Å². The van der Waals surface area contributed by atoms with Crippen LogP contribution < -0.4 is 37.6 Å². The number of hydrogen-bond donors (Lipinski definition) is 11. The first kappa shape index (κ1) is 56.0. The van der Waals surface area contributed by atoms with E-state index in [9.17, 15) is 63.3 Å². The number of amides is 8. The third-order valence-electron chi connectivity index (χ3n) is 11.8. The van der Waals surface area contributed by atoms with Gasteiger partial charge in [-0.15, -0.1) is 0 Å². The Morgan fingerprint density at radius 3 is 1.69 bits per heavy atom. The van der Waals surface area contributed by atoms with Gasteiger partial charge in [0.1, 0.15) is 54.1 Å². The number of hydrogen-bond acceptors (Lipinski definition) is 13. The highest BCUT2D eigenvalue weighted by atomic mass is 16.4. The molecule has 1 aromatic carbocycles. The quantitative estimate of drug-likeness (QED) is 0.0546. The second kappa shape index (κ2) is 25.7. The average Bonchev–Trinajstić information content (AvgIpc) is 3.97. The number of phenolic OH excluding ortho intramolecular Hbond substituents is 1. The molecule has 2 saturated heterocycles. The summed E-state index contributed by atoms with van der Waals surface area (Å²) in [7, 11) is 0. The molecule has 2 fully saturated rings. The van der Waals surface area contributed by atoms with Crippen molar-refractivity contribution in [3.63, 3.8) is 0 Å². The summed E-state index contributed by atoms with van der Waals surface area (Å²) in [6.07, 6.45) is -0.940. The van der Waals surface area contributed by atoms with Crippen LogP contribution in [0.5, 0.6) is 5.75 Å². The van der Waals surface area contributed by atoms with Crippen molar-refractivity contribution in [2.45, 2.75) is 160 Å². The molecule has 2 aliphatic rings. The van der Waals surface area contributed by atoms with Crippen molar-refractivity contribution in [2.24, 2.45) is 17.6 Å². The highest BCUT2D eigenvalue weighted by molar-refractivity contribution is 5.98. The number of likely N-dealkylation sites (tertiary alicyclic amines) is 2. The zero-order valence-electron chi connectivity index (χ0n) is 39.7. The van der Waals surface area contributed by atoms with Crippen LogP contribution in [-0.2, 0) is 54.4 Å². The number of aliphatic carboxylic acids is 2. The molecule has 0 spiro atoms. The van der Waals surface area contributed by atoms with Crippen LogP contribution >= 0.6 is 0 Å². The minimum Gasteiger partial charge on any atom is -0.508 e. The van der Waals surface area contributed by atoms with Crippen LogP contribution in [0, 0.1) is 11.8 Å². The van der Waals surface area contributed by atoms with Gasteiger partial charge in [-0.2, -0.15) is 0 Å². The second-order valence-electron chi connectivity index (χ2n) is 18.3. The second-order valence-corrected chi connectivity index (χ2v) is 18.3. The van der Waals surface area contributed by atoms with E-state index < -0.39 is 132 Å². The molecule has 3 rings (SSSR count). The summed E-state index contributed by atoms with van der Waals surface area (Å²) in [5.74, 6) is -9.25. The minimum absolute atomic E-state index is 0.0328. The molecule has 0 saturated carbocycles. The zero-order valence-corrected chi connectivity index (χ0v) is 39.7. The van der Waals surface area contributed by atoms with Crippen LogP contribution in [0.15, 0.2) is 24.3 Å². The third-order valence-corrected chi connectivity index (χ3v) is 11.8. The molecule has 378 valence electrons. The first-order chi connectivity index (χ1) is 31.8. The lowest BCUT2D eigenvalue weighted by molar-refractivity contribution is -0.145. The van der Waals surface area contributed by atoms with Gasteiger partial charge in [0.2, 0.25) is 47.3 Å². The Morgan fingerprint density at radius 1 is 0.647 bits per heavy atom. The Balaban J connectivity index is 1.70. The van der Waals surface area contributed by atoms with E-state index in [1.54, 1.807) is 26.0 Å². The molecule has 68 heavy (non-hydrogen) atoms. The molecule has 8 amide bonds. The van der Waals surface area contributed by atoms with Crippen molar-refractivity contribution in [1.82, 2.24) is 41.7 Å². The maximum atomic E-state index is 14.1. The fraction of sp³-hybridized carbons (Fsp3) is 0.644. The Bertz CT molecular complexity index is 2000. The summed E-state index contributed by atoms with van der Waals surface area (Å²) < 4.78 is 0. The van der Waals surface area contributed by atoms with Gasteiger partial charge in [-0.1, -0.05) is 39.8 Å². The lowest BCUT2D eigenvalue weighted by Crippen LogP contribution is -2.61. The van der Waals surface area contributed by atoms with Crippen molar-refractivity contribution < 1.29 is 68.4 Å². The summed E-state index contributed by atoms with van der Waals surface area (Å²) in [5, 5.41) is 53.6. The Kier molecular flexibility index (Phi) is 21.1. The number of nitrogens with one attached hydrogen (secondary N) is 6. The largest absolute Gasteiger partial charge is 0.508 e. The predicted octanol–water partition coefficient (Wildman–Crippen LogP) is -1.78. The van der Waals surface area contributed by atoms with Gasteiger partial charge in [0.25, 0.3) is 0 Å². The van der Waals surface area contributed by atoms with Crippen molar-refractivity contribution in [3.8, 4) is 5.75 Å². The number of aromatic hydroxyl groups is 1. The van der Waals surface area contributed by atoms with Gasteiger partial charge in [0.15, 0.2) is 0 Å². The number of carboxylic acids is 2. The highest BCUT2D eigenvalue weighted by Gasteiger charge is 2.42. The molecule has 2 heterocycles. The summed E-state index contributed by atoms with van der Waals surface area (Å²) >= 11 is 0. The number of carbonyl (C=O) groups excluding carboxylic acids is 8. The molecular weight excluding hydrogens is 891 g/mol. The first-order valence-corrected chi connectivity index (χ1v) is 22.9. The number of benzene rings is 1. The van der Waals surface area contributed by atoms with Gasteiger partial charge < -0.3 is 67.9 Å². The molecule has 2 aliphatic heterocycles. The summed E-state index contributed by atoms with van der Waals surface area (Å²) in [5.41, 5.74) is 6.82.